The number of hydrogen-bond acceptors (Lipinski definition) is 3. The normalized spacial score (nSPS) is 18.3. The van der Waals surface area contributed by atoms with Gasteiger partial charge in [-0.15, -0.1) is 0 Å². The number of nitrogens with one attached hydrogen (secondary N) is 1. The zero-order chi connectivity index (χ0) is 14.0. The van der Waals surface area contributed by atoms with Gasteiger partial charge in [-0.05, 0) is 50.1 Å². The molecule has 0 bridgehead atoms. The average molecular weight is 347 g/mol. The van der Waals surface area contributed by atoms with Crippen LogP contribution < -0.4 is 5.32 Å². The van der Waals surface area contributed by atoms with Crippen LogP contribution in [0.4, 0.5) is 0 Å². The van der Waals surface area contributed by atoms with Crippen LogP contribution in [0.1, 0.15) is 17.5 Å². The fraction of sp³-hybridized carbons (Fsp3) is 0.538. The summed E-state index contributed by atoms with van der Waals surface area (Å²) in [6.45, 7) is 6.47. The molecule has 0 atom stereocenters. The van der Waals surface area contributed by atoms with Crippen LogP contribution in [0.15, 0.2) is 21.5 Å². The van der Waals surface area contributed by atoms with E-state index < -0.39 is 10.0 Å². The van der Waals surface area contributed by atoms with Crippen molar-refractivity contribution in [3.63, 3.8) is 0 Å². The number of benzene rings is 1. The SMILES string of the molecule is Cc1cc(S(=O)(=O)N2CCCNCC2)c(C)cc1Br. The van der Waals surface area contributed by atoms with E-state index in [2.05, 4.69) is 21.2 Å². The van der Waals surface area contributed by atoms with Gasteiger partial charge in [-0.2, -0.15) is 4.31 Å². The second kappa shape index (κ2) is 5.91. The van der Waals surface area contributed by atoms with Crippen molar-refractivity contribution in [1.29, 1.82) is 0 Å². The fourth-order valence-electron chi connectivity index (χ4n) is 2.23. The van der Waals surface area contributed by atoms with Crippen molar-refractivity contribution >= 4 is 26.0 Å². The molecule has 0 aliphatic carbocycles. The van der Waals surface area contributed by atoms with Crippen LogP contribution >= 0.6 is 15.9 Å². The molecule has 1 fully saturated rings. The monoisotopic (exact) mass is 346 g/mol. The lowest BCUT2D eigenvalue weighted by molar-refractivity contribution is 0.431. The highest BCUT2D eigenvalue weighted by atomic mass is 79.9. The molecule has 2 rings (SSSR count). The van der Waals surface area contributed by atoms with Gasteiger partial charge < -0.3 is 5.32 Å². The first-order valence-corrected chi connectivity index (χ1v) is 8.64. The number of sulfonamides is 1. The summed E-state index contributed by atoms with van der Waals surface area (Å²) in [5.74, 6) is 0. The van der Waals surface area contributed by atoms with Gasteiger partial charge in [0.15, 0.2) is 0 Å². The highest BCUT2D eigenvalue weighted by Crippen LogP contribution is 2.26. The molecule has 0 radical (unpaired) electrons. The molecule has 0 amide bonds. The van der Waals surface area contributed by atoms with E-state index in [1.165, 1.54) is 0 Å². The molecule has 0 spiro atoms. The lowest BCUT2D eigenvalue weighted by Gasteiger charge is -2.21. The van der Waals surface area contributed by atoms with E-state index in [1.807, 2.05) is 19.9 Å². The molecular formula is C13H19BrN2O2S. The highest BCUT2D eigenvalue weighted by molar-refractivity contribution is 9.10. The molecule has 4 nitrogen and oxygen atoms in total. The van der Waals surface area contributed by atoms with Crippen molar-refractivity contribution in [1.82, 2.24) is 9.62 Å². The summed E-state index contributed by atoms with van der Waals surface area (Å²) in [5, 5.41) is 3.22. The smallest absolute Gasteiger partial charge is 0.243 e. The molecule has 1 aliphatic heterocycles. The van der Waals surface area contributed by atoms with Crippen LogP contribution in [0.3, 0.4) is 0 Å². The Morgan fingerprint density at radius 2 is 1.89 bits per heavy atom. The van der Waals surface area contributed by atoms with Crippen LogP contribution in [0.5, 0.6) is 0 Å². The molecule has 19 heavy (non-hydrogen) atoms. The Kier molecular flexibility index (Phi) is 4.66. The third-order valence-electron chi connectivity index (χ3n) is 3.37. The van der Waals surface area contributed by atoms with E-state index in [1.54, 1.807) is 10.4 Å². The zero-order valence-electron chi connectivity index (χ0n) is 11.2. The number of nitrogens with zero attached hydrogens (tertiary/aromatic N) is 1. The van der Waals surface area contributed by atoms with Gasteiger partial charge in [0.05, 0.1) is 4.90 Å². The molecule has 106 valence electrons. The van der Waals surface area contributed by atoms with Crippen molar-refractivity contribution in [3.05, 3.63) is 27.7 Å². The molecule has 0 saturated carbocycles. The molecule has 1 aliphatic rings. The summed E-state index contributed by atoms with van der Waals surface area (Å²) in [4.78, 5) is 0.426. The van der Waals surface area contributed by atoms with Gasteiger partial charge in [0.25, 0.3) is 0 Å². The lowest BCUT2D eigenvalue weighted by Crippen LogP contribution is -2.34. The average Bonchev–Trinajstić information content (AvgIpc) is 2.62. The molecule has 1 saturated heterocycles. The van der Waals surface area contributed by atoms with E-state index in [0.29, 0.717) is 24.5 Å². The van der Waals surface area contributed by atoms with Crippen molar-refractivity contribution in [2.24, 2.45) is 0 Å². The summed E-state index contributed by atoms with van der Waals surface area (Å²) in [5.41, 5.74) is 1.73. The topological polar surface area (TPSA) is 49.4 Å². The second-order valence-electron chi connectivity index (χ2n) is 4.87. The van der Waals surface area contributed by atoms with E-state index in [0.717, 1.165) is 28.6 Å². The first-order chi connectivity index (χ1) is 8.93. The first-order valence-electron chi connectivity index (χ1n) is 6.40. The Morgan fingerprint density at radius 3 is 2.63 bits per heavy atom. The second-order valence-corrected chi connectivity index (χ2v) is 7.64. The lowest BCUT2D eigenvalue weighted by atomic mass is 10.2. The Hall–Kier alpha value is -0.430. The molecule has 1 aromatic carbocycles. The Morgan fingerprint density at radius 1 is 1.16 bits per heavy atom. The van der Waals surface area contributed by atoms with Crippen molar-refractivity contribution in [3.8, 4) is 0 Å². The van der Waals surface area contributed by atoms with Gasteiger partial charge >= 0.3 is 0 Å². The summed E-state index contributed by atoms with van der Waals surface area (Å²) >= 11 is 3.44. The van der Waals surface area contributed by atoms with Gasteiger partial charge in [-0.1, -0.05) is 15.9 Å². The quantitative estimate of drug-likeness (QED) is 0.891. The van der Waals surface area contributed by atoms with Gasteiger partial charge in [0.2, 0.25) is 10.0 Å². The molecule has 1 heterocycles. The van der Waals surface area contributed by atoms with E-state index in [4.69, 9.17) is 0 Å². The fourth-order valence-corrected chi connectivity index (χ4v) is 4.46. The van der Waals surface area contributed by atoms with Gasteiger partial charge in [0.1, 0.15) is 0 Å². The van der Waals surface area contributed by atoms with Crippen LogP contribution in [0, 0.1) is 13.8 Å². The van der Waals surface area contributed by atoms with Crippen LogP contribution in [0.2, 0.25) is 0 Å². The Bertz CT molecular complexity index is 564. The number of aryl methyl sites for hydroxylation is 2. The number of hydrogen-bond donors (Lipinski definition) is 1. The standard InChI is InChI=1S/C13H19BrN2O2S/c1-10-9-13(11(2)8-12(10)14)19(17,18)16-6-3-4-15-5-7-16/h8-9,15H,3-7H2,1-2H3. The number of rotatable bonds is 2. The van der Waals surface area contributed by atoms with E-state index in [-0.39, 0.29) is 0 Å². The third-order valence-corrected chi connectivity index (χ3v) is 6.27. The zero-order valence-corrected chi connectivity index (χ0v) is 13.6. The van der Waals surface area contributed by atoms with Crippen LogP contribution in [-0.4, -0.2) is 38.9 Å². The highest BCUT2D eigenvalue weighted by Gasteiger charge is 2.26. The van der Waals surface area contributed by atoms with Crippen molar-refractivity contribution in [2.75, 3.05) is 26.2 Å². The summed E-state index contributed by atoms with van der Waals surface area (Å²) in [7, 11) is -3.38. The molecular weight excluding hydrogens is 328 g/mol. The summed E-state index contributed by atoms with van der Waals surface area (Å²) in [6, 6.07) is 3.63. The molecule has 1 N–H and O–H groups in total. The molecule has 1 aromatic rings. The first kappa shape index (κ1) is 15.0. The maximum absolute atomic E-state index is 12.7. The van der Waals surface area contributed by atoms with Gasteiger partial charge in [-0.3, -0.25) is 0 Å². The molecule has 6 heteroatoms. The summed E-state index contributed by atoms with van der Waals surface area (Å²) < 4.78 is 27.9. The molecule has 0 unspecified atom stereocenters. The van der Waals surface area contributed by atoms with E-state index in [9.17, 15) is 8.42 Å². The minimum atomic E-state index is -3.38. The summed E-state index contributed by atoms with van der Waals surface area (Å²) in [6.07, 6.45) is 0.855. The Labute approximate surface area is 123 Å². The van der Waals surface area contributed by atoms with E-state index >= 15 is 0 Å². The molecule has 0 aromatic heterocycles. The van der Waals surface area contributed by atoms with Gasteiger partial charge in [0, 0.05) is 24.1 Å². The minimum absolute atomic E-state index is 0.426. The van der Waals surface area contributed by atoms with Crippen LogP contribution in [-0.2, 0) is 10.0 Å². The largest absolute Gasteiger partial charge is 0.315 e. The number of halogens is 1. The van der Waals surface area contributed by atoms with Crippen molar-refractivity contribution < 1.29 is 8.42 Å². The van der Waals surface area contributed by atoms with Gasteiger partial charge in [-0.25, -0.2) is 8.42 Å². The third kappa shape index (κ3) is 3.18. The predicted octanol–water partition coefficient (Wildman–Crippen LogP) is 2.05. The maximum atomic E-state index is 12.7. The Balaban J connectivity index is 2.41. The van der Waals surface area contributed by atoms with Crippen molar-refractivity contribution in [2.45, 2.75) is 25.2 Å². The van der Waals surface area contributed by atoms with Crippen LogP contribution in [0.25, 0.3) is 0 Å². The maximum Gasteiger partial charge on any atom is 0.243 e. The predicted molar refractivity (Wildman–Crippen MR) is 79.9 cm³/mol. The minimum Gasteiger partial charge on any atom is -0.315 e.